The summed E-state index contributed by atoms with van der Waals surface area (Å²) < 4.78 is 5.96. The van der Waals surface area contributed by atoms with Crippen LogP contribution < -0.4 is 20.7 Å². The minimum Gasteiger partial charge on any atom is -0.496 e. The van der Waals surface area contributed by atoms with Crippen molar-refractivity contribution < 1.29 is 14.3 Å². The quantitative estimate of drug-likeness (QED) is 0.452. The molecule has 0 fully saturated rings. The van der Waals surface area contributed by atoms with Gasteiger partial charge in [-0.1, -0.05) is 46.3 Å². The number of halogens is 1. The minimum absolute atomic E-state index is 0.0574. The summed E-state index contributed by atoms with van der Waals surface area (Å²) in [6.45, 7) is 0. The van der Waals surface area contributed by atoms with Crippen LogP contribution in [-0.2, 0) is 0 Å². The molecule has 3 aromatic carbocycles. The van der Waals surface area contributed by atoms with Crippen molar-refractivity contribution in [1.82, 2.24) is 5.32 Å². The molecular formula is C22H18BrN3O3S. The van der Waals surface area contributed by atoms with Crippen LogP contribution in [-0.4, -0.2) is 24.0 Å². The molecule has 0 bridgehead atoms. The molecule has 0 atom stereocenters. The second kappa shape index (κ2) is 10.00. The molecular weight excluding hydrogens is 466 g/mol. The van der Waals surface area contributed by atoms with Gasteiger partial charge in [0.05, 0.1) is 23.9 Å². The Kier molecular flexibility index (Phi) is 7.16. The number of carbonyl (C=O) groups is 2. The van der Waals surface area contributed by atoms with Crippen LogP contribution in [0.3, 0.4) is 0 Å². The van der Waals surface area contributed by atoms with E-state index < -0.39 is 5.91 Å². The highest BCUT2D eigenvalue weighted by molar-refractivity contribution is 9.10. The highest BCUT2D eigenvalue weighted by Gasteiger charge is 2.16. The Hall–Kier alpha value is -3.23. The number of thiocarbonyl (C=S) groups is 1. The molecule has 0 saturated carbocycles. The molecule has 152 valence electrons. The van der Waals surface area contributed by atoms with Gasteiger partial charge in [-0.05, 0) is 54.7 Å². The lowest BCUT2D eigenvalue weighted by Gasteiger charge is -2.14. The van der Waals surface area contributed by atoms with Crippen LogP contribution in [0.4, 0.5) is 11.4 Å². The lowest BCUT2D eigenvalue weighted by molar-refractivity contribution is 0.0973. The molecule has 6 nitrogen and oxygen atoms in total. The third-order valence-electron chi connectivity index (χ3n) is 4.08. The standard InChI is InChI=1S/C22H18BrN3O3S/c1-29-19-12-11-14(23)13-17(19)21(28)26-22(30)25-18-10-6-5-9-16(18)20(27)24-15-7-3-2-4-8-15/h2-13H,1H3,(H,24,27)(H2,25,26,28,30). The predicted octanol–water partition coefficient (Wildman–Crippen LogP) is 4.84. The van der Waals surface area contributed by atoms with Crippen molar-refractivity contribution in [2.24, 2.45) is 0 Å². The van der Waals surface area contributed by atoms with Gasteiger partial charge >= 0.3 is 0 Å². The second-order valence-electron chi connectivity index (χ2n) is 6.12. The fraction of sp³-hybridized carbons (Fsp3) is 0.0455. The van der Waals surface area contributed by atoms with Crippen molar-refractivity contribution in [3.05, 3.63) is 88.4 Å². The molecule has 0 heterocycles. The molecule has 3 N–H and O–H groups in total. The monoisotopic (exact) mass is 483 g/mol. The summed E-state index contributed by atoms with van der Waals surface area (Å²) in [5, 5.41) is 8.41. The van der Waals surface area contributed by atoms with E-state index in [1.165, 1.54) is 7.11 Å². The van der Waals surface area contributed by atoms with E-state index in [1.54, 1.807) is 54.6 Å². The molecule has 0 radical (unpaired) electrons. The van der Waals surface area contributed by atoms with Crippen LogP contribution in [0.25, 0.3) is 0 Å². The molecule has 0 aromatic heterocycles. The van der Waals surface area contributed by atoms with Crippen LogP contribution >= 0.6 is 28.1 Å². The van der Waals surface area contributed by atoms with Crippen molar-refractivity contribution >= 4 is 56.4 Å². The van der Waals surface area contributed by atoms with E-state index in [4.69, 9.17) is 17.0 Å². The highest BCUT2D eigenvalue weighted by atomic mass is 79.9. The van der Waals surface area contributed by atoms with Crippen molar-refractivity contribution in [3.63, 3.8) is 0 Å². The van der Waals surface area contributed by atoms with Gasteiger partial charge in [0.2, 0.25) is 0 Å². The summed E-state index contributed by atoms with van der Waals surface area (Å²) in [4.78, 5) is 25.3. The van der Waals surface area contributed by atoms with E-state index in [0.29, 0.717) is 28.3 Å². The molecule has 0 aliphatic heterocycles. The van der Waals surface area contributed by atoms with E-state index in [0.717, 1.165) is 4.47 Å². The maximum absolute atomic E-state index is 12.7. The normalized spacial score (nSPS) is 10.1. The van der Waals surface area contributed by atoms with Gasteiger partial charge in [-0.15, -0.1) is 0 Å². The number of hydrogen-bond acceptors (Lipinski definition) is 4. The van der Waals surface area contributed by atoms with Crippen molar-refractivity contribution in [1.29, 1.82) is 0 Å². The number of carbonyl (C=O) groups excluding carboxylic acids is 2. The first kappa shape index (κ1) is 21.5. The molecule has 0 unspecified atom stereocenters. The van der Waals surface area contributed by atoms with Gasteiger partial charge in [0.15, 0.2) is 5.11 Å². The van der Waals surface area contributed by atoms with E-state index in [1.807, 2.05) is 18.2 Å². The molecule has 3 aromatic rings. The topological polar surface area (TPSA) is 79.5 Å². The van der Waals surface area contributed by atoms with E-state index in [2.05, 4.69) is 31.9 Å². The zero-order valence-electron chi connectivity index (χ0n) is 15.9. The average molecular weight is 484 g/mol. The molecule has 8 heteroatoms. The highest BCUT2D eigenvalue weighted by Crippen LogP contribution is 2.23. The Labute approximate surface area is 187 Å². The van der Waals surface area contributed by atoms with Crippen LogP contribution in [0.2, 0.25) is 0 Å². The molecule has 30 heavy (non-hydrogen) atoms. The third kappa shape index (κ3) is 5.43. The number of hydrogen-bond donors (Lipinski definition) is 3. The fourth-order valence-electron chi connectivity index (χ4n) is 2.69. The molecule has 0 aliphatic carbocycles. The Balaban J connectivity index is 1.72. The number of nitrogens with one attached hydrogen (secondary N) is 3. The Morgan fingerprint density at radius 3 is 2.30 bits per heavy atom. The summed E-state index contributed by atoms with van der Waals surface area (Å²) in [5.41, 5.74) is 1.86. The van der Waals surface area contributed by atoms with Crippen LogP contribution in [0.15, 0.2) is 77.3 Å². The Bertz CT molecular complexity index is 1090. The van der Waals surface area contributed by atoms with Gasteiger partial charge < -0.3 is 15.4 Å². The van der Waals surface area contributed by atoms with Crippen LogP contribution in [0.1, 0.15) is 20.7 Å². The van der Waals surface area contributed by atoms with Gasteiger partial charge in [0, 0.05) is 10.2 Å². The first-order valence-electron chi connectivity index (χ1n) is 8.89. The molecule has 0 saturated heterocycles. The number of amides is 2. The largest absolute Gasteiger partial charge is 0.496 e. The molecule has 3 rings (SSSR count). The number of para-hydroxylation sites is 2. The number of anilines is 2. The van der Waals surface area contributed by atoms with Crippen LogP contribution in [0, 0.1) is 0 Å². The number of ether oxygens (including phenoxy) is 1. The number of rotatable bonds is 5. The van der Waals surface area contributed by atoms with Gasteiger partial charge in [-0.3, -0.25) is 14.9 Å². The molecule has 0 spiro atoms. The first-order valence-corrected chi connectivity index (χ1v) is 10.1. The summed E-state index contributed by atoms with van der Waals surface area (Å²) in [6.07, 6.45) is 0. The fourth-order valence-corrected chi connectivity index (χ4v) is 3.26. The van der Waals surface area contributed by atoms with E-state index >= 15 is 0 Å². The van der Waals surface area contributed by atoms with Crippen molar-refractivity contribution in [2.45, 2.75) is 0 Å². The predicted molar refractivity (Wildman–Crippen MR) is 125 cm³/mol. The van der Waals surface area contributed by atoms with Gasteiger partial charge in [0.25, 0.3) is 11.8 Å². The zero-order valence-corrected chi connectivity index (χ0v) is 18.3. The number of benzene rings is 3. The lowest BCUT2D eigenvalue weighted by Crippen LogP contribution is -2.34. The third-order valence-corrected chi connectivity index (χ3v) is 4.78. The lowest BCUT2D eigenvalue weighted by atomic mass is 10.1. The van der Waals surface area contributed by atoms with Gasteiger partial charge in [-0.25, -0.2) is 0 Å². The van der Waals surface area contributed by atoms with E-state index in [-0.39, 0.29) is 11.0 Å². The SMILES string of the molecule is COc1ccc(Br)cc1C(=O)NC(=S)Nc1ccccc1C(=O)Nc1ccccc1. The van der Waals surface area contributed by atoms with Crippen LogP contribution in [0.5, 0.6) is 5.75 Å². The van der Waals surface area contributed by atoms with Crippen molar-refractivity contribution in [3.8, 4) is 5.75 Å². The summed E-state index contributed by atoms with van der Waals surface area (Å²) >= 11 is 8.61. The van der Waals surface area contributed by atoms with Gasteiger partial charge in [0.1, 0.15) is 5.75 Å². The molecule has 2 amide bonds. The number of methoxy groups -OCH3 is 1. The smallest absolute Gasteiger partial charge is 0.261 e. The maximum Gasteiger partial charge on any atom is 0.261 e. The van der Waals surface area contributed by atoms with E-state index in [9.17, 15) is 9.59 Å². The zero-order chi connectivity index (χ0) is 21.5. The average Bonchev–Trinajstić information content (AvgIpc) is 2.74. The second-order valence-corrected chi connectivity index (χ2v) is 7.44. The summed E-state index contributed by atoms with van der Waals surface area (Å²) in [5.74, 6) is -0.315. The maximum atomic E-state index is 12.7. The Morgan fingerprint density at radius 2 is 1.57 bits per heavy atom. The summed E-state index contributed by atoms with van der Waals surface area (Å²) in [6, 6.07) is 21.1. The first-order chi connectivity index (χ1) is 14.5. The Morgan fingerprint density at radius 1 is 0.867 bits per heavy atom. The van der Waals surface area contributed by atoms with Gasteiger partial charge in [-0.2, -0.15) is 0 Å². The van der Waals surface area contributed by atoms with Crippen molar-refractivity contribution in [2.75, 3.05) is 17.7 Å². The molecule has 0 aliphatic rings. The summed E-state index contributed by atoms with van der Waals surface area (Å²) in [7, 11) is 1.48. The minimum atomic E-state index is -0.433.